The number of benzene rings is 1. The van der Waals surface area contributed by atoms with Gasteiger partial charge in [-0.2, -0.15) is 0 Å². The summed E-state index contributed by atoms with van der Waals surface area (Å²) in [5, 5.41) is 9.76. The molecule has 0 saturated carbocycles. The molecule has 7 heteroatoms. The average molecular weight is 453 g/mol. The maximum absolute atomic E-state index is 12.0. The Morgan fingerprint density at radius 1 is 1.26 bits per heavy atom. The van der Waals surface area contributed by atoms with Crippen LogP contribution in [0.15, 0.2) is 29.3 Å². The minimum Gasteiger partial charge on any atom is -0.357 e. The highest BCUT2D eigenvalue weighted by atomic mass is 127. The van der Waals surface area contributed by atoms with E-state index >= 15 is 0 Å². The molecule has 23 heavy (non-hydrogen) atoms. The van der Waals surface area contributed by atoms with Crippen molar-refractivity contribution in [3.05, 3.63) is 34.9 Å². The molecule has 3 N–H and O–H groups in total. The van der Waals surface area contributed by atoms with Crippen molar-refractivity contribution in [3.63, 3.8) is 0 Å². The first-order valence-corrected chi connectivity index (χ1v) is 8.03. The van der Waals surface area contributed by atoms with Crippen LogP contribution >= 0.6 is 35.6 Å². The van der Waals surface area contributed by atoms with Crippen LogP contribution in [0.2, 0.25) is 5.02 Å². The summed E-state index contributed by atoms with van der Waals surface area (Å²) in [5.41, 5.74) is 0.484. The van der Waals surface area contributed by atoms with Gasteiger partial charge in [0.25, 0.3) is 5.91 Å². The Morgan fingerprint density at radius 3 is 2.57 bits per heavy atom. The number of hydrogen-bond donors (Lipinski definition) is 3. The van der Waals surface area contributed by atoms with E-state index in [9.17, 15) is 4.79 Å². The highest BCUT2D eigenvalue weighted by molar-refractivity contribution is 14.0. The van der Waals surface area contributed by atoms with Crippen molar-refractivity contribution < 1.29 is 4.79 Å². The number of halogens is 2. The number of nitrogens with zero attached hydrogens (tertiary/aromatic N) is 1. The van der Waals surface area contributed by atoms with E-state index in [1.807, 2.05) is 6.92 Å². The van der Waals surface area contributed by atoms with Crippen molar-refractivity contribution >= 4 is 47.4 Å². The van der Waals surface area contributed by atoms with E-state index in [1.54, 1.807) is 24.3 Å². The minimum absolute atomic E-state index is 0. The van der Waals surface area contributed by atoms with Gasteiger partial charge in [0.15, 0.2) is 5.96 Å². The van der Waals surface area contributed by atoms with Gasteiger partial charge < -0.3 is 16.0 Å². The largest absolute Gasteiger partial charge is 0.357 e. The molecule has 1 atom stereocenters. The van der Waals surface area contributed by atoms with Crippen molar-refractivity contribution in [2.45, 2.75) is 33.2 Å². The average Bonchev–Trinajstić information content (AvgIpc) is 2.51. The molecular formula is C16H26ClIN4O. The molecule has 0 saturated heterocycles. The fourth-order valence-electron chi connectivity index (χ4n) is 1.73. The Morgan fingerprint density at radius 2 is 1.96 bits per heavy atom. The molecule has 1 aromatic rings. The topological polar surface area (TPSA) is 65.5 Å². The molecule has 1 amide bonds. The van der Waals surface area contributed by atoms with Gasteiger partial charge in [-0.15, -0.1) is 24.0 Å². The van der Waals surface area contributed by atoms with Crippen LogP contribution in [-0.2, 0) is 0 Å². The standard InChI is InChI=1S/C16H25ClN4O.HI/c1-4-12(3)21-16(18-5-2)20-11-10-19-15(22)13-8-6-7-9-14(13)17;/h6-9,12H,4-5,10-11H2,1-3H3,(H,19,22)(H2,18,20,21);1H. The predicted molar refractivity (Wildman–Crippen MR) is 108 cm³/mol. The van der Waals surface area contributed by atoms with Crippen LogP contribution < -0.4 is 16.0 Å². The molecule has 5 nitrogen and oxygen atoms in total. The monoisotopic (exact) mass is 452 g/mol. The summed E-state index contributed by atoms with van der Waals surface area (Å²) in [6, 6.07) is 7.35. The summed E-state index contributed by atoms with van der Waals surface area (Å²) in [6.45, 7) is 8.00. The number of nitrogens with one attached hydrogen (secondary N) is 3. The SMILES string of the molecule is CCNC(=NCCNC(=O)c1ccccc1Cl)NC(C)CC.I. The summed E-state index contributed by atoms with van der Waals surface area (Å²) < 4.78 is 0. The van der Waals surface area contributed by atoms with Crippen molar-refractivity contribution in [2.75, 3.05) is 19.6 Å². The van der Waals surface area contributed by atoms with Gasteiger partial charge in [-0.25, -0.2) is 0 Å². The van der Waals surface area contributed by atoms with E-state index < -0.39 is 0 Å². The molecule has 0 radical (unpaired) electrons. The fourth-order valence-corrected chi connectivity index (χ4v) is 1.95. The summed E-state index contributed by atoms with van der Waals surface area (Å²) in [6.07, 6.45) is 1.02. The van der Waals surface area contributed by atoms with Gasteiger partial charge in [0.1, 0.15) is 0 Å². The quantitative estimate of drug-likeness (QED) is 0.258. The fraction of sp³-hybridized carbons (Fsp3) is 0.500. The minimum atomic E-state index is -0.180. The molecule has 0 fully saturated rings. The maximum Gasteiger partial charge on any atom is 0.252 e. The summed E-state index contributed by atoms with van der Waals surface area (Å²) in [4.78, 5) is 16.4. The Labute approximate surface area is 160 Å². The first kappa shape index (κ1) is 22.0. The Bertz CT molecular complexity index is 511. The van der Waals surface area contributed by atoms with Gasteiger partial charge in [0, 0.05) is 19.1 Å². The highest BCUT2D eigenvalue weighted by Gasteiger charge is 2.08. The lowest BCUT2D eigenvalue weighted by Crippen LogP contribution is -2.42. The first-order valence-electron chi connectivity index (χ1n) is 7.66. The van der Waals surface area contributed by atoms with Crippen molar-refractivity contribution in [2.24, 2.45) is 4.99 Å². The number of amides is 1. The number of guanidine groups is 1. The number of carbonyl (C=O) groups is 1. The van der Waals surface area contributed by atoms with Crippen LogP contribution in [0.1, 0.15) is 37.6 Å². The second-order valence-electron chi connectivity index (χ2n) is 4.95. The second kappa shape index (κ2) is 12.4. The molecular weight excluding hydrogens is 427 g/mol. The third-order valence-electron chi connectivity index (χ3n) is 3.13. The lowest BCUT2D eigenvalue weighted by Gasteiger charge is -2.16. The van der Waals surface area contributed by atoms with Crippen LogP contribution in [0.3, 0.4) is 0 Å². The van der Waals surface area contributed by atoms with Crippen LogP contribution in [0.25, 0.3) is 0 Å². The molecule has 1 rings (SSSR count). The molecule has 0 aliphatic heterocycles. The smallest absolute Gasteiger partial charge is 0.252 e. The second-order valence-corrected chi connectivity index (χ2v) is 5.36. The summed E-state index contributed by atoms with van der Waals surface area (Å²) in [5.74, 6) is 0.588. The number of rotatable bonds is 7. The zero-order chi connectivity index (χ0) is 16.4. The van der Waals surface area contributed by atoms with Gasteiger partial charge in [-0.05, 0) is 32.4 Å². The van der Waals surface area contributed by atoms with Crippen LogP contribution in [0.4, 0.5) is 0 Å². The van der Waals surface area contributed by atoms with Gasteiger partial charge in [-0.1, -0.05) is 30.7 Å². The molecule has 0 aromatic heterocycles. The van der Waals surface area contributed by atoms with Crippen LogP contribution in [-0.4, -0.2) is 37.5 Å². The summed E-state index contributed by atoms with van der Waals surface area (Å²) in [7, 11) is 0. The molecule has 1 aromatic carbocycles. The van der Waals surface area contributed by atoms with Gasteiger partial charge >= 0.3 is 0 Å². The van der Waals surface area contributed by atoms with E-state index in [0.29, 0.717) is 29.7 Å². The Hall–Kier alpha value is -1.02. The molecule has 0 spiro atoms. The molecule has 0 heterocycles. The van der Waals surface area contributed by atoms with Gasteiger partial charge in [-0.3, -0.25) is 9.79 Å². The zero-order valence-corrected chi connectivity index (χ0v) is 16.9. The number of aliphatic imine (C=N–C) groups is 1. The van der Waals surface area contributed by atoms with Crippen LogP contribution in [0, 0.1) is 0 Å². The molecule has 0 bridgehead atoms. The van der Waals surface area contributed by atoms with E-state index in [1.165, 1.54) is 0 Å². The first-order chi connectivity index (χ1) is 10.6. The molecule has 130 valence electrons. The van der Waals surface area contributed by atoms with E-state index in [2.05, 4.69) is 34.8 Å². The number of hydrogen-bond acceptors (Lipinski definition) is 2. The summed E-state index contributed by atoms with van der Waals surface area (Å²) >= 11 is 5.99. The maximum atomic E-state index is 12.0. The zero-order valence-electron chi connectivity index (χ0n) is 13.9. The highest BCUT2D eigenvalue weighted by Crippen LogP contribution is 2.14. The Kier molecular flexibility index (Phi) is 11.9. The lowest BCUT2D eigenvalue weighted by atomic mass is 10.2. The molecule has 0 aliphatic carbocycles. The lowest BCUT2D eigenvalue weighted by molar-refractivity contribution is 0.0955. The van der Waals surface area contributed by atoms with E-state index in [0.717, 1.165) is 18.9 Å². The van der Waals surface area contributed by atoms with E-state index in [-0.39, 0.29) is 29.9 Å². The van der Waals surface area contributed by atoms with Gasteiger partial charge in [0.2, 0.25) is 0 Å². The normalized spacial score (nSPS) is 12.1. The van der Waals surface area contributed by atoms with Crippen molar-refractivity contribution in [3.8, 4) is 0 Å². The third kappa shape index (κ3) is 8.41. The van der Waals surface area contributed by atoms with Crippen LogP contribution in [0.5, 0.6) is 0 Å². The van der Waals surface area contributed by atoms with Crippen molar-refractivity contribution in [1.82, 2.24) is 16.0 Å². The van der Waals surface area contributed by atoms with E-state index in [4.69, 9.17) is 11.6 Å². The van der Waals surface area contributed by atoms with Crippen molar-refractivity contribution in [1.29, 1.82) is 0 Å². The van der Waals surface area contributed by atoms with Gasteiger partial charge in [0.05, 0.1) is 17.1 Å². The Balaban J connectivity index is 0.00000484. The number of carbonyl (C=O) groups excluding carboxylic acids is 1. The molecule has 1 unspecified atom stereocenters. The molecule has 0 aliphatic rings. The predicted octanol–water partition coefficient (Wildman–Crippen LogP) is 3.04. The third-order valence-corrected chi connectivity index (χ3v) is 3.46.